The summed E-state index contributed by atoms with van der Waals surface area (Å²) >= 11 is 0. The zero-order valence-corrected chi connectivity index (χ0v) is 25.1. The van der Waals surface area contributed by atoms with Crippen LogP contribution in [-0.2, 0) is 5.41 Å². The number of furan rings is 1. The van der Waals surface area contributed by atoms with Crippen molar-refractivity contribution in [1.82, 2.24) is 0 Å². The highest BCUT2D eigenvalue weighted by atomic mass is 16.3. The predicted molar refractivity (Wildman–Crippen MR) is 191 cm³/mol. The van der Waals surface area contributed by atoms with Gasteiger partial charge >= 0.3 is 0 Å². The summed E-state index contributed by atoms with van der Waals surface area (Å²) < 4.78 is 6.72. The summed E-state index contributed by atoms with van der Waals surface area (Å²) in [6, 6.07) is 61.9. The van der Waals surface area contributed by atoms with Crippen molar-refractivity contribution in [2.45, 2.75) is 5.41 Å². The molecule has 1 aromatic heterocycles. The standard InChI is InChI=1S/C45H28O/c1-4-15-29(16-5-1)41-33-21-10-12-23-35(33)42(36-24-13-11-22-34(36)41)30-27-38-44-40(28-30)46-39-26-14-25-37(43(39)44)45(38,31-17-6-2-7-18-31)32-19-8-3-9-20-32/h1-28H. The van der Waals surface area contributed by atoms with Crippen LogP contribution in [-0.4, -0.2) is 0 Å². The van der Waals surface area contributed by atoms with Crippen molar-refractivity contribution in [3.05, 3.63) is 192 Å². The molecule has 1 aliphatic rings. The monoisotopic (exact) mass is 584 g/mol. The van der Waals surface area contributed by atoms with E-state index in [0.29, 0.717) is 0 Å². The Balaban J connectivity index is 1.38. The van der Waals surface area contributed by atoms with E-state index in [1.807, 2.05) is 0 Å². The first-order chi connectivity index (χ1) is 22.8. The van der Waals surface area contributed by atoms with Crippen LogP contribution < -0.4 is 0 Å². The van der Waals surface area contributed by atoms with Crippen LogP contribution in [0.25, 0.3) is 65.7 Å². The number of benzene rings is 8. The van der Waals surface area contributed by atoms with Crippen LogP contribution in [0, 0.1) is 0 Å². The number of hydrogen-bond donors (Lipinski definition) is 0. The van der Waals surface area contributed by atoms with Crippen LogP contribution in [0.5, 0.6) is 0 Å². The quantitative estimate of drug-likeness (QED) is 0.188. The van der Waals surface area contributed by atoms with Crippen molar-refractivity contribution in [3.63, 3.8) is 0 Å². The smallest absolute Gasteiger partial charge is 0.136 e. The molecule has 0 saturated carbocycles. The molecular formula is C45H28O. The molecule has 0 aliphatic heterocycles. The fraction of sp³-hybridized carbons (Fsp3) is 0.0222. The van der Waals surface area contributed by atoms with Crippen LogP contribution in [0.3, 0.4) is 0 Å². The van der Waals surface area contributed by atoms with Crippen molar-refractivity contribution < 1.29 is 4.42 Å². The van der Waals surface area contributed by atoms with Crippen molar-refractivity contribution in [3.8, 4) is 22.3 Å². The van der Waals surface area contributed by atoms with Crippen LogP contribution in [0.4, 0.5) is 0 Å². The van der Waals surface area contributed by atoms with Gasteiger partial charge in [0.05, 0.1) is 5.41 Å². The summed E-state index contributed by atoms with van der Waals surface area (Å²) in [6.45, 7) is 0. The average molecular weight is 585 g/mol. The van der Waals surface area contributed by atoms with Gasteiger partial charge in [0, 0.05) is 10.8 Å². The molecule has 1 aliphatic carbocycles. The molecule has 0 spiro atoms. The third-order valence-electron chi connectivity index (χ3n) is 10.1. The maximum Gasteiger partial charge on any atom is 0.136 e. The second-order valence-electron chi connectivity index (χ2n) is 12.4. The fourth-order valence-electron chi connectivity index (χ4n) is 8.36. The summed E-state index contributed by atoms with van der Waals surface area (Å²) in [5.74, 6) is 0. The molecule has 0 saturated heterocycles. The Morgan fingerprint density at radius 1 is 0.348 bits per heavy atom. The molecule has 9 aromatic rings. The summed E-state index contributed by atoms with van der Waals surface area (Å²) in [7, 11) is 0. The fourth-order valence-corrected chi connectivity index (χ4v) is 8.36. The Kier molecular flexibility index (Phi) is 5.27. The summed E-state index contributed by atoms with van der Waals surface area (Å²) in [5, 5.41) is 7.43. The van der Waals surface area contributed by atoms with Crippen LogP contribution in [0.15, 0.2) is 174 Å². The largest absolute Gasteiger partial charge is 0.456 e. The van der Waals surface area contributed by atoms with Gasteiger partial charge in [-0.25, -0.2) is 0 Å². The molecule has 214 valence electrons. The maximum atomic E-state index is 6.72. The van der Waals surface area contributed by atoms with Gasteiger partial charge in [0.2, 0.25) is 0 Å². The number of fused-ring (bicyclic) bond motifs is 2. The zero-order chi connectivity index (χ0) is 30.2. The molecule has 0 radical (unpaired) electrons. The maximum absolute atomic E-state index is 6.72. The molecule has 1 nitrogen and oxygen atoms in total. The topological polar surface area (TPSA) is 13.1 Å². The first-order valence-corrected chi connectivity index (χ1v) is 15.9. The SMILES string of the molecule is c1ccc(-c2c3ccccc3c(-c3cc4c5c(c3)oc3cccc(c35)C4(c3ccccc3)c3ccccc3)c3ccccc23)cc1. The highest BCUT2D eigenvalue weighted by Gasteiger charge is 2.46. The lowest BCUT2D eigenvalue weighted by molar-refractivity contribution is 0.664. The van der Waals surface area contributed by atoms with Gasteiger partial charge in [-0.1, -0.05) is 152 Å². The Labute approximate surface area is 267 Å². The highest BCUT2D eigenvalue weighted by molar-refractivity contribution is 6.23. The minimum Gasteiger partial charge on any atom is -0.456 e. The summed E-state index contributed by atoms with van der Waals surface area (Å²) in [6.07, 6.45) is 0. The Bertz CT molecular complexity index is 2510. The molecule has 8 aromatic carbocycles. The lowest BCUT2D eigenvalue weighted by Gasteiger charge is -2.34. The summed E-state index contributed by atoms with van der Waals surface area (Å²) in [5.41, 5.74) is 11.4. The average Bonchev–Trinajstić information content (AvgIpc) is 3.66. The second-order valence-corrected chi connectivity index (χ2v) is 12.4. The van der Waals surface area contributed by atoms with E-state index in [9.17, 15) is 0 Å². The normalized spacial score (nSPS) is 13.4. The van der Waals surface area contributed by atoms with Gasteiger partial charge in [0.15, 0.2) is 0 Å². The zero-order valence-electron chi connectivity index (χ0n) is 25.1. The summed E-state index contributed by atoms with van der Waals surface area (Å²) in [4.78, 5) is 0. The molecule has 1 heteroatoms. The third-order valence-corrected chi connectivity index (χ3v) is 10.1. The molecule has 46 heavy (non-hydrogen) atoms. The molecule has 0 unspecified atom stereocenters. The van der Waals surface area contributed by atoms with Crippen molar-refractivity contribution in [2.75, 3.05) is 0 Å². The van der Waals surface area contributed by atoms with E-state index in [1.54, 1.807) is 0 Å². The molecule has 0 amide bonds. The van der Waals surface area contributed by atoms with Crippen LogP contribution in [0.1, 0.15) is 22.3 Å². The van der Waals surface area contributed by atoms with Gasteiger partial charge in [-0.15, -0.1) is 0 Å². The van der Waals surface area contributed by atoms with Crippen molar-refractivity contribution in [1.29, 1.82) is 0 Å². The Morgan fingerprint density at radius 2 is 0.826 bits per heavy atom. The minimum absolute atomic E-state index is 0.479. The number of rotatable bonds is 4. The molecule has 0 fully saturated rings. The van der Waals surface area contributed by atoms with Gasteiger partial charge in [-0.2, -0.15) is 0 Å². The minimum atomic E-state index is -0.479. The third kappa shape index (κ3) is 3.29. The molecule has 0 atom stereocenters. The lowest BCUT2D eigenvalue weighted by atomic mass is 9.67. The Hall–Kier alpha value is -5.92. The van der Waals surface area contributed by atoms with Gasteiger partial charge in [0.1, 0.15) is 11.2 Å². The van der Waals surface area contributed by atoms with Gasteiger partial charge in [-0.05, 0) is 84.3 Å². The first kappa shape index (κ1) is 25.4. The van der Waals surface area contributed by atoms with E-state index in [-0.39, 0.29) is 0 Å². The van der Waals surface area contributed by atoms with Gasteiger partial charge in [0.25, 0.3) is 0 Å². The van der Waals surface area contributed by atoms with Crippen LogP contribution in [0.2, 0.25) is 0 Å². The Morgan fingerprint density at radius 3 is 1.39 bits per heavy atom. The molecule has 10 rings (SSSR count). The van der Waals surface area contributed by atoms with E-state index in [0.717, 1.165) is 11.2 Å². The highest BCUT2D eigenvalue weighted by Crippen LogP contribution is 2.58. The van der Waals surface area contributed by atoms with Gasteiger partial charge < -0.3 is 4.42 Å². The van der Waals surface area contributed by atoms with E-state index in [1.165, 1.54) is 76.8 Å². The van der Waals surface area contributed by atoms with Gasteiger partial charge in [-0.3, -0.25) is 0 Å². The van der Waals surface area contributed by atoms with E-state index >= 15 is 0 Å². The van der Waals surface area contributed by atoms with Crippen LogP contribution >= 0.6 is 0 Å². The van der Waals surface area contributed by atoms with E-state index < -0.39 is 5.41 Å². The first-order valence-electron chi connectivity index (χ1n) is 15.9. The lowest BCUT2D eigenvalue weighted by Crippen LogP contribution is -2.28. The molecule has 0 N–H and O–H groups in total. The molecular weight excluding hydrogens is 556 g/mol. The molecule has 1 heterocycles. The van der Waals surface area contributed by atoms with Crippen molar-refractivity contribution >= 4 is 43.5 Å². The van der Waals surface area contributed by atoms with E-state index in [2.05, 4.69) is 170 Å². The second kappa shape index (κ2) is 9.54. The predicted octanol–water partition coefficient (Wildman–Crippen LogP) is 11.9. The van der Waals surface area contributed by atoms with E-state index in [4.69, 9.17) is 4.42 Å². The number of hydrogen-bond acceptors (Lipinski definition) is 1. The molecule has 0 bridgehead atoms. The van der Waals surface area contributed by atoms with Crippen molar-refractivity contribution in [2.24, 2.45) is 0 Å².